The molecule has 36 heavy (non-hydrogen) atoms. The highest BCUT2D eigenvalue weighted by Gasteiger charge is 2.32. The molecule has 0 saturated carbocycles. The summed E-state index contributed by atoms with van der Waals surface area (Å²) in [7, 11) is 1.78. The molecule has 1 unspecified atom stereocenters. The van der Waals surface area contributed by atoms with Gasteiger partial charge in [0.05, 0.1) is 43.0 Å². The lowest BCUT2D eigenvalue weighted by atomic mass is 9.91. The molecule has 5 heterocycles. The van der Waals surface area contributed by atoms with Crippen LogP contribution in [0.3, 0.4) is 0 Å². The van der Waals surface area contributed by atoms with Crippen molar-refractivity contribution in [1.82, 2.24) is 34.2 Å². The first kappa shape index (κ1) is 22.1. The summed E-state index contributed by atoms with van der Waals surface area (Å²) in [6, 6.07) is 7.66. The van der Waals surface area contributed by atoms with Crippen molar-refractivity contribution >= 4 is 28.3 Å². The average molecular weight is 481 g/mol. The van der Waals surface area contributed by atoms with E-state index < -0.39 is 0 Å². The first-order valence-electron chi connectivity index (χ1n) is 11.6. The molecule has 0 spiro atoms. The van der Waals surface area contributed by atoms with Crippen molar-refractivity contribution in [2.24, 2.45) is 0 Å². The Bertz CT molecular complexity index is 1630. The number of aryl methyl sites for hydroxylation is 1. The Morgan fingerprint density at radius 1 is 1.06 bits per heavy atom. The molecule has 2 atom stereocenters. The summed E-state index contributed by atoms with van der Waals surface area (Å²) in [6.45, 7) is 4.27. The third kappa shape index (κ3) is 3.54. The third-order valence-corrected chi connectivity index (χ3v) is 6.77. The quantitative estimate of drug-likeness (QED) is 0.416. The van der Waals surface area contributed by atoms with Crippen LogP contribution in [0.1, 0.15) is 46.5 Å². The molecular formula is C26H24N8O2. The summed E-state index contributed by atoms with van der Waals surface area (Å²) < 4.78 is 7.90. The van der Waals surface area contributed by atoms with Crippen LogP contribution in [0.4, 0.5) is 5.82 Å². The van der Waals surface area contributed by atoms with Crippen LogP contribution in [0.2, 0.25) is 0 Å². The fourth-order valence-electron chi connectivity index (χ4n) is 4.71. The fraction of sp³-hybridized carbons (Fsp3) is 0.231. The zero-order chi connectivity index (χ0) is 25.0. The summed E-state index contributed by atoms with van der Waals surface area (Å²) in [6.07, 6.45) is 8.39. The van der Waals surface area contributed by atoms with E-state index >= 15 is 0 Å². The maximum absolute atomic E-state index is 13.6. The second-order valence-electron chi connectivity index (χ2n) is 8.97. The summed E-state index contributed by atoms with van der Waals surface area (Å²) in [4.78, 5) is 36.8. The first-order valence-corrected chi connectivity index (χ1v) is 11.6. The van der Waals surface area contributed by atoms with Gasteiger partial charge in [0.15, 0.2) is 0 Å². The number of nitrogens with zero attached hydrogens (tertiary/aromatic N) is 7. The molecule has 0 fully saturated rings. The SMILES string of the molecule is Cc1ncc(-c2ccc3c(c2)C(C)OC[C@H]3N(C)C(=O)c2cc3c(cn2)nc(N)c2cncn23)cn1. The lowest BCUT2D eigenvalue weighted by molar-refractivity contribution is 0.00480. The molecule has 180 valence electrons. The number of nitrogens with two attached hydrogens (primary N) is 1. The van der Waals surface area contributed by atoms with E-state index in [9.17, 15) is 4.79 Å². The highest BCUT2D eigenvalue weighted by atomic mass is 16.5. The number of hydrogen-bond acceptors (Lipinski definition) is 8. The standard InChI is InChI=1S/C26H24N8O2/c1-14-19-6-16(17-8-29-15(2)30-9-17)4-5-18(19)24(12-36-14)33(3)26(35)20-7-22-21(10-31-20)32-25(27)23-11-28-13-34(22)23/h4-11,13-14,24H,12H2,1-3H3,(H2,27,32)/t14?,24-/m1/s1. The van der Waals surface area contributed by atoms with Crippen molar-refractivity contribution in [2.75, 3.05) is 19.4 Å². The molecule has 0 saturated heterocycles. The van der Waals surface area contributed by atoms with Crippen LogP contribution in [0.5, 0.6) is 0 Å². The molecule has 2 N–H and O–H groups in total. The van der Waals surface area contributed by atoms with Crippen LogP contribution in [0.25, 0.3) is 27.7 Å². The predicted octanol–water partition coefficient (Wildman–Crippen LogP) is 3.53. The van der Waals surface area contributed by atoms with E-state index in [2.05, 4.69) is 37.1 Å². The number of ether oxygens (including phenoxy) is 1. The van der Waals surface area contributed by atoms with Crippen LogP contribution >= 0.6 is 0 Å². The summed E-state index contributed by atoms with van der Waals surface area (Å²) >= 11 is 0. The third-order valence-electron chi connectivity index (χ3n) is 6.77. The number of likely N-dealkylation sites (N-methyl/N-ethyl adjacent to an activating group) is 1. The number of nitrogen functional groups attached to an aromatic ring is 1. The topological polar surface area (TPSA) is 124 Å². The Kier molecular flexibility index (Phi) is 5.11. The molecule has 10 heteroatoms. The molecular weight excluding hydrogens is 456 g/mol. The Hall–Kier alpha value is -4.44. The highest BCUT2D eigenvalue weighted by Crippen LogP contribution is 2.38. The summed E-state index contributed by atoms with van der Waals surface area (Å²) in [5, 5.41) is 0. The zero-order valence-electron chi connectivity index (χ0n) is 20.1. The minimum atomic E-state index is -0.262. The molecule has 5 aromatic rings. The molecule has 4 aromatic heterocycles. The number of carbonyl (C=O) groups is 1. The van der Waals surface area contributed by atoms with Crippen molar-refractivity contribution in [2.45, 2.75) is 26.0 Å². The second kappa shape index (κ2) is 8.35. The number of anilines is 1. The lowest BCUT2D eigenvalue weighted by Crippen LogP contribution is -2.37. The second-order valence-corrected chi connectivity index (χ2v) is 8.97. The molecule has 0 radical (unpaired) electrons. The van der Waals surface area contributed by atoms with Crippen LogP contribution in [0.15, 0.2) is 55.4 Å². The summed E-state index contributed by atoms with van der Waals surface area (Å²) in [5.74, 6) is 0.871. The van der Waals surface area contributed by atoms with E-state index in [-0.39, 0.29) is 18.1 Å². The number of carbonyl (C=O) groups excluding carboxylic acids is 1. The minimum Gasteiger partial charge on any atom is -0.382 e. The van der Waals surface area contributed by atoms with E-state index in [1.807, 2.05) is 36.7 Å². The smallest absolute Gasteiger partial charge is 0.272 e. The van der Waals surface area contributed by atoms with Crippen molar-refractivity contribution in [3.8, 4) is 11.1 Å². The van der Waals surface area contributed by atoms with Gasteiger partial charge in [-0.2, -0.15) is 0 Å². The van der Waals surface area contributed by atoms with E-state index in [0.29, 0.717) is 34.7 Å². The Morgan fingerprint density at radius 3 is 2.67 bits per heavy atom. The van der Waals surface area contributed by atoms with Gasteiger partial charge in [-0.15, -0.1) is 0 Å². The summed E-state index contributed by atoms with van der Waals surface area (Å²) in [5.41, 5.74) is 12.3. The minimum absolute atomic E-state index is 0.101. The van der Waals surface area contributed by atoms with Gasteiger partial charge in [0.2, 0.25) is 0 Å². The van der Waals surface area contributed by atoms with E-state index in [0.717, 1.165) is 28.1 Å². The predicted molar refractivity (Wildman–Crippen MR) is 134 cm³/mol. The Morgan fingerprint density at radius 2 is 1.86 bits per heavy atom. The molecule has 1 aromatic carbocycles. The van der Waals surface area contributed by atoms with Gasteiger partial charge in [0, 0.05) is 25.0 Å². The lowest BCUT2D eigenvalue weighted by Gasteiger charge is -2.36. The number of amides is 1. The fourth-order valence-corrected chi connectivity index (χ4v) is 4.71. The van der Waals surface area contributed by atoms with Crippen LogP contribution in [-0.2, 0) is 4.74 Å². The van der Waals surface area contributed by atoms with Gasteiger partial charge in [0.1, 0.15) is 28.4 Å². The number of benzene rings is 1. The molecule has 0 aliphatic carbocycles. The van der Waals surface area contributed by atoms with E-state index in [1.165, 1.54) is 0 Å². The van der Waals surface area contributed by atoms with Gasteiger partial charge in [-0.1, -0.05) is 12.1 Å². The van der Waals surface area contributed by atoms with Gasteiger partial charge in [-0.25, -0.2) is 24.9 Å². The number of pyridine rings is 1. The molecule has 1 aliphatic rings. The molecule has 0 bridgehead atoms. The van der Waals surface area contributed by atoms with Crippen LogP contribution in [0, 0.1) is 6.92 Å². The molecule has 6 rings (SSSR count). The van der Waals surface area contributed by atoms with Crippen LogP contribution in [-0.4, -0.2) is 53.8 Å². The Labute approximate surface area is 206 Å². The maximum Gasteiger partial charge on any atom is 0.272 e. The largest absolute Gasteiger partial charge is 0.382 e. The van der Waals surface area contributed by atoms with Crippen molar-refractivity contribution < 1.29 is 9.53 Å². The van der Waals surface area contributed by atoms with Gasteiger partial charge in [-0.05, 0) is 42.7 Å². The number of fused-ring (bicyclic) bond motifs is 4. The number of aromatic nitrogens is 6. The first-order chi connectivity index (χ1) is 17.4. The molecule has 10 nitrogen and oxygen atoms in total. The van der Waals surface area contributed by atoms with Crippen LogP contribution < -0.4 is 5.73 Å². The van der Waals surface area contributed by atoms with Crippen molar-refractivity contribution in [3.05, 3.63) is 78.0 Å². The molecule has 1 aliphatic heterocycles. The van der Waals surface area contributed by atoms with Gasteiger partial charge in [-0.3, -0.25) is 9.20 Å². The maximum atomic E-state index is 13.6. The highest BCUT2D eigenvalue weighted by molar-refractivity contribution is 5.96. The van der Waals surface area contributed by atoms with E-state index in [4.69, 9.17) is 10.5 Å². The zero-order valence-corrected chi connectivity index (χ0v) is 20.1. The number of rotatable bonds is 3. The Balaban J connectivity index is 1.35. The van der Waals surface area contributed by atoms with Crippen molar-refractivity contribution in [1.29, 1.82) is 0 Å². The number of imidazole rings is 1. The monoisotopic (exact) mass is 480 g/mol. The normalized spacial score (nSPS) is 17.3. The van der Waals surface area contributed by atoms with Gasteiger partial charge < -0.3 is 15.4 Å². The van der Waals surface area contributed by atoms with Gasteiger partial charge in [0.25, 0.3) is 5.91 Å². The van der Waals surface area contributed by atoms with Gasteiger partial charge >= 0.3 is 0 Å². The van der Waals surface area contributed by atoms with E-state index in [1.54, 1.807) is 36.7 Å². The average Bonchev–Trinajstić information content (AvgIpc) is 3.40. The number of hydrogen-bond donors (Lipinski definition) is 1. The molecule has 1 amide bonds. The van der Waals surface area contributed by atoms with Crippen molar-refractivity contribution in [3.63, 3.8) is 0 Å².